The molecular weight excluding hydrogens is 267 g/mol. The molecule has 3 rings (SSSR count). The average molecular weight is 292 g/mol. The monoisotopic (exact) mass is 292 g/mol. The topological polar surface area (TPSA) is 45.5 Å². The van der Waals surface area contributed by atoms with Gasteiger partial charge in [0.25, 0.3) is 0 Å². The van der Waals surface area contributed by atoms with E-state index in [0.29, 0.717) is 5.92 Å². The molecule has 0 unspecified atom stereocenters. The summed E-state index contributed by atoms with van der Waals surface area (Å²) in [7, 11) is 1.62. The molecule has 2 aliphatic heterocycles. The molecule has 116 valence electrons. The SMILES string of the molecule is Cn1cc(B2OC(C)(C)C(C)(C)O2)c(C2CCOCC2)n1. The molecule has 1 aromatic heterocycles. The molecule has 0 radical (unpaired) electrons. The van der Waals surface area contributed by atoms with E-state index in [4.69, 9.17) is 14.0 Å². The van der Waals surface area contributed by atoms with Crippen LogP contribution < -0.4 is 5.46 Å². The standard InChI is InChI=1S/C15H25BN2O3/c1-14(2)15(3,4)21-16(20-14)12-10-18(5)17-13(12)11-6-8-19-9-7-11/h10-11H,6-9H2,1-5H3. The minimum atomic E-state index is -0.332. The highest BCUT2D eigenvalue weighted by Crippen LogP contribution is 2.37. The van der Waals surface area contributed by atoms with Gasteiger partial charge in [-0.2, -0.15) is 5.10 Å². The van der Waals surface area contributed by atoms with Crippen molar-refractivity contribution in [3.63, 3.8) is 0 Å². The molecule has 0 spiro atoms. The van der Waals surface area contributed by atoms with Gasteiger partial charge in [-0.1, -0.05) is 0 Å². The van der Waals surface area contributed by atoms with Crippen molar-refractivity contribution >= 4 is 12.6 Å². The zero-order valence-corrected chi connectivity index (χ0v) is 13.7. The van der Waals surface area contributed by atoms with E-state index >= 15 is 0 Å². The van der Waals surface area contributed by atoms with Crippen LogP contribution in [0.15, 0.2) is 6.20 Å². The number of rotatable bonds is 2. The fourth-order valence-corrected chi connectivity index (χ4v) is 2.96. The Morgan fingerprint density at radius 1 is 1.14 bits per heavy atom. The highest BCUT2D eigenvalue weighted by atomic mass is 16.7. The number of aromatic nitrogens is 2. The van der Waals surface area contributed by atoms with Crippen molar-refractivity contribution < 1.29 is 14.0 Å². The van der Waals surface area contributed by atoms with E-state index in [1.807, 2.05) is 17.9 Å². The van der Waals surface area contributed by atoms with E-state index in [0.717, 1.165) is 37.2 Å². The summed E-state index contributed by atoms with van der Waals surface area (Å²) in [5, 5.41) is 4.68. The van der Waals surface area contributed by atoms with Crippen molar-refractivity contribution in [2.75, 3.05) is 13.2 Å². The van der Waals surface area contributed by atoms with E-state index in [1.165, 1.54) is 0 Å². The van der Waals surface area contributed by atoms with Gasteiger partial charge in [0.2, 0.25) is 0 Å². The summed E-state index contributed by atoms with van der Waals surface area (Å²) in [6, 6.07) is 0. The van der Waals surface area contributed by atoms with Crippen molar-refractivity contribution in [1.82, 2.24) is 9.78 Å². The van der Waals surface area contributed by atoms with E-state index in [9.17, 15) is 0 Å². The lowest BCUT2D eigenvalue weighted by molar-refractivity contribution is 0.00578. The summed E-state index contributed by atoms with van der Waals surface area (Å²) < 4.78 is 19.7. The Morgan fingerprint density at radius 2 is 1.71 bits per heavy atom. The minimum Gasteiger partial charge on any atom is -0.399 e. The first kappa shape index (κ1) is 15.1. The first-order valence-electron chi connectivity index (χ1n) is 7.77. The quantitative estimate of drug-likeness (QED) is 0.777. The molecule has 1 aromatic rings. The maximum Gasteiger partial charge on any atom is 0.498 e. The van der Waals surface area contributed by atoms with Gasteiger partial charge >= 0.3 is 7.12 Å². The smallest absolute Gasteiger partial charge is 0.399 e. The van der Waals surface area contributed by atoms with Crippen molar-refractivity contribution in [3.8, 4) is 0 Å². The van der Waals surface area contributed by atoms with Crippen LogP contribution in [0.4, 0.5) is 0 Å². The second-order valence-electron chi connectivity index (χ2n) is 7.12. The van der Waals surface area contributed by atoms with Crippen LogP contribution in [0.3, 0.4) is 0 Å². The molecule has 0 aromatic carbocycles. The van der Waals surface area contributed by atoms with Gasteiger partial charge in [0, 0.05) is 37.8 Å². The van der Waals surface area contributed by atoms with Crippen molar-refractivity contribution in [1.29, 1.82) is 0 Å². The lowest BCUT2D eigenvalue weighted by Crippen LogP contribution is -2.41. The van der Waals surface area contributed by atoms with Crippen molar-refractivity contribution in [2.24, 2.45) is 7.05 Å². The van der Waals surface area contributed by atoms with Gasteiger partial charge in [0.1, 0.15) is 0 Å². The zero-order chi connectivity index (χ0) is 15.3. The maximum absolute atomic E-state index is 6.19. The Kier molecular flexibility index (Phi) is 3.67. The van der Waals surface area contributed by atoms with Crippen molar-refractivity contribution in [2.45, 2.75) is 57.7 Å². The summed E-state index contributed by atoms with van der Waals surface area (Å²) >= 11 is 0. The number of aryl methyl sites for hydroxylation is 1. The van der Waals surface area contributed by atoms with Gasteiger partial charge in [-0.05, 0) is 40.5 Å². The third kappa shape index (κ3) is 2.65. The van der Waals surface area contributed by atoms with Crippen LogP contribution in [-0.2, 0) is 21.1 Å². The van der Waals surface area contributed by atoms with Crippen LogP contribution >= 0.6 is 0 Å². The summed E-state index contributed by atoms with van der Waals surface area (Å²) in [6.45, 7) is 9.94. The molecule has 0 aliphatic carbocycles. The minimum absolute atomic E-state index is 0.319. The van der Waals surface area contributed by atoms with Crippen LogP contribution in [0.5, 0.6) is 0 Å². The molecule has 2 aliphatic rings. The first-order chi connectivity index (χ1) is 9.80. The second-order valence-corrected chi connectivity index (χ2v) is 7.12. The highest BCUT2D eigenvalue weighted by Gasteiger charge is 2.53. The van der Waals surface area contributed by atoms with Gasteiger partial charge in [-0.3, -0.25) is 4.68 Å². The highest BCUT2D eigenvalue weighted by molar-refractivity contribution is 6.62. The van der Waals surface area contributed by atoms with Crippen LogP contribution in [0.25, 0.3) is 0 Å². The lowest BCUT2D eigenvalue weighted by Gasteiger charge is -2.32. The van der Waals surface area contributed by atoms with E-state index in [2.05, 4.69) is 32.8 Å². The fourth-order valence-electron chi connectivity index (χ4n) is 2.96. The van der Waals surface area contributed by atoms with Gasteiger partial charge < -0.3 is 14.0 Å². The van der Waals surface area contributed by atoms with Crippen LogP contribution in [0, 0.1) is 0 Å². The van der Waals surface area contributed by atoms with Gasteiger partial charge in [0.15, 0.2) is 0 Å². The number of hydrogen-bond donors (Lipinski definition) is 0. The molecule has 3 heterocycles. The number of nitrogens with zero attached hydrogens (tertiary/aromatic N) is 2. The van der Waals surface area contributed by atoms with E-state index in [-0.39, 0.29) is 18.3 Å². The molecular formula is C15H25BN2O3. The summed E-state index contributed by atoms with van der Waals surface area (Å²) in [4.78, 5) is 0. The lowest BCUT2D eigenvalue weighted by atomic mass is 9.75. The van der Waals surface area contributed by atoms with Crippen LogP contribution in [0.1, 0.15) is 52.1 Å². The Morgan fingerprint density at radius 3 is 2.29 bits per heavy atom. The largest absolute Gasteiger partial charge is 0.498 e. The Bertz CT molecular complexity index is 505. The predicted octanol–water partition coefficient (Wildman–Crippen LogP) is 1.61. The Labute approximate surface area is 127 Å². The molecule has 0 N–H and O–H groups in total. The molecule has 21 heavy (non-hydrogen) atoms. The third-order valence-electron chi connectivity index (χ3n) is 5.00. The Balaban J connectivity index is 1.89. The fraction of sp³-hybridized carbons (Fsp3) is 0.800. The average Bonchev–Trinajstić information content (AvgIpc) is 2.89. The van der Waals surface area contributed by atoms with E-state index < -0.39 is 0 Å². The second kappa shape index (κ2) is 5.11. The van der Waals surface area contributed by atoms with Gasteiger partial charge in [0.05, 0.1) is 16.9 Å². The molecule has 0 amide bonds. The molecule has 2 saturated heterocycles. The molecule has 5 nitrogen and oxygen atoms in total. The Hall–Kier alpha value is -0.845. The normalized spacial score (nSPS) is 25.5. The van der Waals surface area contributed by atoms with E-state index in [1.54, 1.807) is 0 Å². The van der Waals surface area contributed by atoms with Gasteiger partial charge in [-0.15, -0.1) is 0 Å². The van der Waals surface area contributed by atoms with Crippen LogP contribution in [0.2, 0.25) is 0 Å². The molecule has 6 heteroatoms. The predicted molar refractivity (Wildman–Crippen MR) is 81.7 cm³/mol. The third-order valence-corrected chi connectivity index (χ3v) is 5.00. The molecule has 2 fully saturated rings. The molecule has 0 bridgehead atoms. The number of hydrogen-bond acceptors (Lipinski definition) is 4. The first-order valence-corrected chi connectivity index (χ1v) is 7.77. The zero-order valence-electron chi connectivity index (χ0n) is 13.7. The number of ether oxygens (including phenoxy) is 1. The molecule has 0 atom stereocenters. The van der Waals surface area contributed by atoms with Crippen molar-refractivity contribution in [3.05, 3.63) is 11.9 Å². The van der Waals surface area contributed by atoms with Gasteiger partial charge in [-0.25, -0.2) is 0 Å². The summed E-state index contributed by atoms with van der Waals surface area (Å²) in [5.41, 5.74) is 1.54. The summed E-state index contributed by atoms with van der Waals surface area (Å²) in [5.74, 6) is 0.439. The molecule has 0 saturated carbocycles. The van der Waals surface area contributed by atoms with Crippen LogP contribution in [-0.4, -0.2) is 41.3 Å². The maximum atomic E-state index is 6.19. The summed E-state index contributed by atoms with van der Waals surface area (Å²) in [6.07, 6.45) is 4.07.